The largest absolute Gasteiger partial charge is 0.519 e. The molecule has 9 rings (SSSR count). The van der Waals surface area contributed by atoms with Crippen LogP contribution in [0.2, 0.25) is 0 Å². The Labute approximate surface area is 381 Å². The summed E-state index contributed by atoms with van der Waals surface area (Å²) in [5.74, 6) is -2.67. The monoisotopic (exact) mass is 882 g/mol. The number of carbonyl (C=O) groups is 4. The second-order valence-electron chi connectivity index (χ2n) is 21.5. The molecule has 1 unspecified atom stereocenters. The molecule has 5 aliphatic carbocycles. The number of fused-ring (bicyclic) bond motifs is 7. The van der Waals surface area contributed by atoms with Gasteiger partial charge in [0.15, 0.2) is 30.0 Å². The van der Waals surface area contributed by atoms with Crippen LogP contribution in [-0.4, -0.2) is 29.8 Å². The number of aryl methyl sites for hydroxylation is 1. The number of benzene rings is 3. The molecule has 10 nitrogen and oxygen atoms in total. The molecule has 65 heavy (non-hydrogen) atoms. The van der Waals surface area contributed by atoms with Crippen LogP contribution in [0.1, 0.15) is 138 Å². The van der Waals surface area contributed by atoms with Crippen molar-refractivity contribution < 1.29 is 42.2 Å². The zero-order valence-electron chi connectivity index (χ0n) is 38.8. The summed E-state index contributed by atoms with van der Waals surface area (Å²) in [6.07, 6.45) is 6.72. The molecular formula is C55H62O10. The van der Waals surface area contributed by atoms with Gasteiger partial charge in [0.2, 0.25) is 0 Å². The van der Waals surface area contributed by atoms with E-state index >= 15 is 4.79 Å². The van der Waals surface area contributed by atoms with E-state index in [0.29, 0.717) is 44.1 Å². The molecule has 4 aromatic rings. The molecule has 1 aromatic heterocycles. The van der Waals surface area contributed by atoms with Gasteiger partial charge in [0, 0.05) is 5.92 Å². The minimum absolute atomic E-state index is 0.00786. The number of carbonyl (C=O) groups excluding carboxylic acids is 4. The van der Waals surface area contributed by atoms with Crippen molar-refractivity contribution in [2.45, 2.75) is 125 Å². The van der Waals surface area contributed by atoms with Gasteiger partial charge >= 0.3 is 23.7 Å². The zero-order chi connectivity index (χ0) is 46.2. The molecule has 10 heteroatoms. The number of esters is 3. The molecule has 10 atom stereocenters. The van der Waals surface area contributed by atoms with Gasteiger partial charge in [-0.15, -0.1) is 0 Å². The summed E-state index contributed by atoms with van der Waals surface area (Å²) in [6, 6.07) is 28.5. The van der Waals surface area contributed by atoms with E-state index in [2.05, 4.69) is 34.6 Å². The van der Waals surface area contributed by atoms with Gasteiger partial charge in [-0.1, -0.05) is 112 Å². The molecule has 5 aliphatic rings. The Bertz CT molecular complexity index is 2540. The maximum Gasteiger partial charge on any atom is 0.519 e. The first kappa shape index (κ1) is 44.7. The highest BCUT2D eigenvalue weighted by Crippen LogP contribution is 2.75. The molecule has 1 heterocycles. The van der Waals surface area contributed by atoms with E-state index in [0.717, 1.165) is 36.0 Å². The summed E-state index contributed by atoms with van der Waals surface area (Å²) in [4.78, 5) is 70.4. The number of ether oxygens (including phenoxy) is 3. The van der Waals surface area contributed by atoms with Gasteiger partial charge in [0.1, 0.15) is 11.5 Å². The van der Waals surface area contributed by atoms with Gasteiger partial charge in [-0.05, 0) is 141 Å². The third-order valence-corrected chi connectivity index (χ3v) is 18.0. The van der Waals surface area contributed by atoms with Gasteiger partial charge in [0.25, 0.3) is 0 Å². The lowest BCUT2D eigenvalue weighted by Gasteiger charge is -2.70. The quantitative estimate of drug-likeness (QED) is 0.118. The highest BCUT2D eigenvalue weighted by Gasteiger charge is 2.72. The molecule has 0 radical (unpaired) electrons. The van der Waals surface area contributed by atoms with Crippen molar-refractivity contribution in [3.8, 4) is 0 Å². The lowest BCUT2D eigenvalue weighted by atomic mass is 9.33. The Hall–Kier alpha value is -5.51. The standard InChI is InChI=1S/C55H62O10/c1-34-41(63-49(60)62-34)33-61-48(59)55(7)42-23-26-54(6)45(52(42,4)25-24-43(55)64-46(57)37-21-15-10-16-22-37)40(56)31-38-39-32-51(3,28-27-50(39,2)29-30-53(38,54)5)47(58)65-44(35-17-11-8-12-18-35)36-19-13-9-14-20-36/h8-22,31,39,42-45H,23-30,32-33H2,1-7H3/t39-,42?,43-,45+,50+,51-,52-,53+,54+,55-/m0/s1. The number of hydrogen-bond acceptors (Lipinski definition) is 10. The molecule has 0 aliphatic heterocycles. The van der Waals surface area contributed by atoms with Crippen LogP contribution >= 0.6 is 0 Å². The fraction of sp³-hybridized carbons (Fsp3) is 0.509. The molecule has 0 bridgehead atoms. The van der Waals surface area contributed by atoms with Gasteiger partial charge in [-0.2, -0.15) is 0 Å². The summed E-state index contributed by atoms with van der Waals surface area (Å²) in [5, 5.41) is 0. The van der Waals surface area contributed by atoms with Crippen LogP contribution in [0.5, 0.6) is 0 Å². The molecular weight excluding hydrogens is 821 g/mol. The van der Waals surface area contributed by atoms with Crippen molar-refractivity contribution in [3.05, 3.63) is 141 Å². The normalized spacial score (nSPS) is 35.1. The third-order valence-electron chi connectivity index (χ3n) is 18.0. The molecule has 4 saturated carbocycles. The van der Waals surface area contributed by atoms with Gasteiger partial charge < -0.3 is 23.0 Å². The maximum atomic E-state index is 15.4. The fourth-order valence-electron chi connectivity index (χ4n) is 13.9. The molecule has 3 aromatic carbocycles. The van der Waals surface area contributed by atoms with E-state index in [1.54, 1.807) is 31.2 Å². The van der Waals surface area contributed by atoms with Crippen molar-refractivity contribution >= 4 is 23.7 Å². The minimum Gasteiger partial charge on any atom is -0.458 e. The van der Waals surface area contributed by atoms with Crippen LogP contribution in [-0.2, 0) is 35.2 Å². The van der Waals surface area contributed by atoms with Crippen molar-refractivity contribution in [1.29, 1.82) is 0 Å². The number of ketones is 1. The fourth-order valence-corrected chi connectivity index (χ4v) is 13.9. The number of hydrogen-bond donors (Lipinski definition) is 0. The van der Waals surface area contributed by atoms with Gasteiger partial charge in [-0.25, -0.2) is 9.59 Å². The van der Waals surface area contributed by atoms with E-state index in [-0.39, 0.29) is 46.6 Å². The average molecular weight is 883 g/mol. The minimum atomic E-state index is -1.35. The topological polar surface area (TPSA) is 139 Å². The van der Waals surface area contributed by atoms with Crippen LogP contribution < -0.4 is 5.82 Å². The Balaban J connectivity index is 1.04. The summed E-state index contributed by atoms with van der Waals surface area (Å²) >= 11 is 0. The van der Waals surface area contributed by atoms with E-state index in [1.165, 1.54) is 0 Å². The van der Waals surface area contributed by atoms with Crippen LogP contribution in [0.15, 0.2) is 116 Å². The van der Waals surface area contributed by atoms with Crippen molar-refractivity contribution in [2.75, 3.05) is 0 Å². The van der Waals surface area contributed by atoms with E-state index < -0.39 is 63.5 Å². The summed E-state index contributed by atoms with van der Waals surface area (Å²) in [6.45, 7) is 14.3. The Morgan fingerprint density at radius 2 is 1.34 bits per heavy atom. The first-order valence-corrected chi connectivity index (χ1v) is 23.5. The molecule has 0 spiro atoms. The number of rotatable bonds is 9. The first-order valence-electron chi connectivity index (χ1n) is 23.5. The van der Waals surface area contributed by atoms with Gasteiger partial charge in [0.05, 0.1) is 11.0 Å². The molecule has 342 valence electrons. The molecule has 0 saturated heterocycles. The van der Waals surface area contributed by atoms with Gasteiger partial charge in [-0.3, -0.25) is 14.4 Å². The second kappa shape index (κ2) is 16.1. The summed E-state index contributed by atoms with van der Waals surface area (Å²) in [7, 11) is 0. The van der Waals surface area contributed by atoms with Crippen molar-refractivity contribution in [2.24, 2.45) is 50.2 Å². The predicted molar refractivity (Wildman–Crippen MR) is 242 cm³/mol. The third kappa shape index (κ3) is 7.16. The first-order chi connectivity index (χ1) is 30.9. The van der Waals surface area contributed by atoms with Crippen LogP contribution in [0.3, 0.4) is 0 Å². The Kier molecular flexibility index (Phi) is 11.1. The van der Waals surface area contributed by atoms with Crippen molar-refractivity contribution in [3.63, 3.8) is 0 Å². The summed E-state index contributed by atoms with van der Waals surface area (Å²) < 4.78 is 29.1. The predicted octanol–water partition coefficient (Wildman–Crippen LogP) is 11.1. The Morgan fingerprint density at radius 3 is 1.95 bits per heavy atom. The smallest absolute Gasteiger partial charge is 0.458 e. The van der Waals surface area contributed by atoms with E-state index in [4.69, 9.17) is 23.0 Å². The second-order valence-corrected chi connectivity index (χ2v) is 21.5. The Morgan fingerprint density at radius 1 is 0.723 bits per heavy atom. The summed E-state index contributed by atoms with van der Waals surface area (Å²) in [5.41, 5.74) is -0.374. The number of allylic oxidation sites excluding steroid dienone is 2. The molecule has 0 amide bonds. The highest BCUT2D eigenvalue weighted by molar-refractivity contribution is 5.96. The maximum absolute atomic E-state index is 15.4. The average Bonchev–Trinajstić information content (AvgIpc) is 3.63. The molecule has 0 N–H and O–H groups in total. The molecule has 4 fully saturated rings. The highest BCUT2D eigenvalue weighted by atomic mass is 16.6. The lowest BCUT2D eigenvalue weighted by Crippen LogP contribution is -2.68. The van der Waals surface area contributed by atoms with E-state index in [9.17, 15) is 19.2 Å². The van der Waals surface area contributed by atoms with Crippen molar-refractivity contribution in [1.82, 2.24) is 0 Å². The lowest BCUT2D eigenvalue weighted by molar-refractivity contribution is -0.218. The zero-order valence-corrected chi connectivity index (χ0v) is 38.8. The SMILES string of the molecule is Cc1oc(=O)oc1COC(=O)[C@@]1(C)C2CC[C@]3(C)[C@H](C(=O)C=C4[C@@H]5C[C@@](C)(C(=O)OC(c6ccccc6)c6ccccc6)CC[C@]5(C)CC[C@]43C)[C@@]2(C)CC[C@@H]1OC(=O)c1ccccc1. The van der Waals surface area contributed by atoms with E-state index in [1.807, 2.05) is 79.7 Å². The van der Waals surface area contributed by atoms with Crippen LogP contribution in [0, 0.1) is 57.2 Å². The van der Waals surface area contributed by atoms with Crippen LogP contribution in [0.4, 0.5) is 0 Å². The van der Waals surface area contributed by atoms with Crippen LogP contribution in [0.25, 0.3) is 0 Å².